The summed E-state index contributed by atoms with van der Waals surface area (Å²) >= 11 is 0. The van der Waals surface area contributed by atoms with Crippen LogP contribution in [0.4, 0.5) is 10.1 Å². The summed E-state index contributed by atoms with van der Waals surface area (Å²) in [6, 6.07) is 21.0. The Balaban J connectivity index is 1.57. The summed E-state index contributed by atoms with van der Waals surface area (Å²) in [6.45, 7) is 8.68. The van der Waals surface area contributed by atoms with Gasteiger partial charge in [0.25, 0.3) is 11.6 Å². The Morgan fingerprint density at radius 1 is 1.08 bits per heavy atom. The van der Waals surface area contributed by atoms with Crippen molar-refractivity contribution in [3.8, 4) is 0 Å². The molecule has 2 atom stereocenters. The minimum Gasteiger partial charge on any atom is -0.336 e. The number of non-ortho nitro benzene ring substituents is 1. The fraction of sp³-hybridized carbons (Fsp3) is 0.345. The molecule has 0 N–H and O–H groups in total. The number of halogens is 1. The van der Waals surface area contributed by atoms with Gasteiger partial charge < -0.3 is 4.90 Å². The van der Waals surface area contributed by atoms with Crippen molar-refractivity contribution in [3.05, 3.63) is 111 Å². The largest absolute Gasteiger partial charge is 0.336 e. The van der Waals surface area contributed by atoms with Crippen LogP contribution in [0.1, 0.15) is 46.8 Å². The van der Waals surface area contributed by atoms with E-state index in [0.29, 0.717) is 18.7 Å². The predicted molar refractivity (Wildman–Crippen MR) is 138 cm³/mol. The molecule has 0 spiro atoms. The molecule has 1 saturated heterocycles. The van der Waals surface area contributed by atoms with Crippen molar-refractivity contribution < 1.29 is 14.1 Å². The quantitative estimate of drug-likeness (QED) is 0.296. The lowest BCUT2D eigenvalue weighted by molar-refractivity contribution is -0.384. The van der Waals surface area contributed by atoms with Crippen LogP contribution in [0.2, 0.25) is 0 Å². The number of hydrogen-bond donors (Lipinski definition) is 0. The van der Waals surface area contributed by atoms with E-state index in [4.69, 9.17) is 0 Å². The van der Waals surface area contributed by atoms with E-state index in [0.717, 1.165) is 29.8 Å². The van der Waals surface area contributed by atoms with Crippen LogP contribution < -0.4 is 0 Å². The molecule has 1 heterocycles. The highest BCUT2D eigenvalue weighted by molar-refractivity contribution is 5.94. The Morgan fingerprint density at radius 3 is 2.39 bits per heavy atom. The molecular weight excluding hydrogens is 457 g/mol. The standard InChI is InChI=1S/C29H32FN3O3/c1-20(2)32(29(34)23-11-7-21(3)8-12-23)18-25-17-31(16-22-9-13-27(14-10-22)33(35)36)19-28(25)24-5-4-6-26(30)15-24/h4-15,20,25,28H,16-19H2,1-3H3. The number of aryl methyl sites for hydroxylation is 1. The summed E-state index contributed by atoms with van der Waals surface area (Å²) in [4.78, 5) is 28.2. The molecule has 1 fully saturated rings. The van der Waals surface area contributed by atoms with Crippen LogP contribution in [0.5, 0.6) is 0 Å². The fourth-order valence-electron chi connectivity index (χ4n) is 5.01. The highest BCUT2D eigenvalue weighted by atomic mass is 19.1. The van der Waals surface area contributed by atoms with Crippen molar-refractivity contribution in [3.63, 3.8) is 0 Å². The first-order chi connectivity index (χ1) is 17.2. The van der Waals surface area contributed by atoms with E-state index < -0.39 is 4.92 Å². The van der Waals surface area contributed by atoms with E-state index in [1.807, 2.05) is 56.0 Å². The maximum atomic E-state index is 14.1. The van der Waals surface area contributed by atoms with Gasteiger partial charge in [-0.25, -0.2) is 4.39 Å². The van der Waals surface area contributed by atoms with Crippen molar-refractivity contribution in [2.24, 2.45) is 5.92 Å². The molecule has 3 aromatic rings. The van der Waals surface area contributed by atoms with Crippen LogP contribution in [0.3, 0.4) is 0 Å². The molecule has 1 amide bonds. The van der Waals surface area contributed by atoms with Crippen LogP contribution in [0, 0.1) is 28.8 Å². The molecule has 0 bridgehead atoms. The number of nitro groups is 1. The molecule has 0 aliphatic carbocycles. The molecular formula is C29H32FN3O3. The Labute approximate surface area is 211 Å². The highest BCUT2D eigenvalue weighted by Gasteiger charge is 2.36. The van der Waals surface area contributed by atoms with Crippen molar-refractivity contribution in [2.45, 2.75) is 39.3 Å². The van der Waals surface area contributed by atoms with Gasteiger partial charge in [0.2, 0.25) is 0 Å². The van der Waals surface area contributed by atoms with E-state index in [9.17, 15) is 19.3 Å². The van der Waals surface area contributed by atoms with Crippen molar-refractivity contribution >= 4 is 11.6 Å². The van der Waals surface area contributed by atoms with Gasteiger partial charge in [-0.1, -0.05) is 42.0 Å². The van der Waals surface area contributed by atoms with Crippen LogP contribution in [-0.4, -0.2) is 46.3 Å². The lowest BCUT2D eigenvalue weighted by atomic mass is 9.88. The lowest BCUT2D eigenvalue weighted by Crippen LogP contribution is -2.42. The number of nitro benzene ring substituents is 1. The first-order valence-corrected chi connectivity index (χ1v) is 12.3. The molecule has 0 aromatic heterocycles. The second kappa shape index (κ2) is 11.0. The van der Waals surface area contributed by atoms with Crippen molar-refractivity contribution in [2.75, 3.05) is 19.6 Å². The third-order valence-electron chi connectivity index (χ3n) is 6.96. The maximum absolute atomic E-state index is 14.1. The number of carbonyl (C=O) groups is 1. The first kappa shape index (κ1) is 25.5. The third-order valence-corrected chi connectivity index (χ3v) is 6.96. The normalized spacial score (nSPS) is 17.9. The third kappa shape index (κ3) is 5.97. The average molecular weight is 490 g/mol. The molecule has 2 unspecified atom stereocenters. The number of hydrogen-bond acceptors (Lipinski definition) is 4. The van der Waals surface area contributed by atoms with Gasteiger partial charge >= 0.3 is 0 Å². The number of amides is 1. The van der Waals surface area contributed by atoms with Crippen molar-refractivity contribution in [1.82, 2.24) is 9.80 Å². The Morgan fingerprint density at radius 2 is 1.78 bits per heavy atom. The van der Waals surface area contributed by atoms with Gasteiger partial charge in [0.15, 0.2) is 0 Å². The summed E-state index contributed by atoms with van der Waals surface area (Å²) < 4.78 is 14.1. The van der Waals surface area contributed by atoms with Crippen molar-refractivity contribution in [1.29, 1.82) is 0 Å². The van der Waals surface area contributed by atoms with Gasteiger partial charge in [-0.15, -0.1) is 0 Å². The zero-order valence-electron chi connectivity index (χ0n) is 20.9. The number of carbonyl (C=O) groups excluding carboxylic acids is 1. The highest BCUT2D eigenvalue weighted by Crippen LogP contribution is 2.35. The Kier molecular flexibility index (Phi) is 7.79. The summed E-state index contributed by atoms with van der Waals surface area (Å²) in [5, 5.41) is 11.0. The topological polar surface area (TPSA) is 66.7 Å². The maximum Gasteiger partial charge on any atom is 0.269 e. The lowest BCUT2D eigenvalue weighted by Gasteiger charge is -2.32. The van der Waals surface area contributed by atoms with Crippen LogP contribution in [0.15, 0.2) is 72.8 Å². The number of rotatable bonds is 8. The molecule has 7 heteroatoms. The molecule has 1 aliphatic heterocycles. The number of likely N-dealkylation sites (tertiary alicyclic amines) is 1. The molecule has 0 saturated carbocycles. The van der Waals surface area contributed by atoms with E-state index in [1.54, 1.807) is 24.3 Å². The van der Waals surface area contributed by atoms with Crippen LogP contribution in [0.25, 0.3) is 0 Å². The summed E-state index contributed by atoms with van der Waals surface area (Å²) in [7, 11) is 0. The first-order valence-electron chi connectivity index (χ1n) is 12.3. The van der Waals surface area contributed by atoms with E-state index in [-0.39, 0.29) is 35.3 Å². The fourth-order valence-corrected chi connectivity index (χ4v) is 5.01. The van der Waals surface area contributed by atoms with Gasteiger partial charge in [0, 0.05) is 55.8 Å². The summed E-state index contributed by atoms with van der Waals surface area (Å²) in [6.07, 6.45) is 0. The minimum absolute atomic E-state index is 0.00295. The van der Waals surface area contributed by atoms with E-state index >= 15 is 0 Å². The van der Waals surface area contributed by atoms with Gasteiger partial charge in [-0.3, -0.25) is 19.8 Å². The van der Waals surface area contributed by atoms with E-state index in [2.05, 4.69) is 4.90 Å². The van der Waals surface area contributed by atoms with Gasteiger partial charge in [-0.2, -0.15) is 0 Å². The summed E-state index contributed by atoms with van der Waals surface area (Å²) in [5.41, 5.74) is 3.75. The molecule has 1 aliphatic rings. The molecule has 0 radical (unpaired) electrons. The second-order valence-corrected chi connectivity index (χ2v) is 9.96. The molecule has 6 nitrogen and oxygen atoms in total. The Hall–Kier alpha value is -3.58. The zero-order chi connectivity index (χ0) is 25.8. The predicted octanol–water partition coefficient (Wildman–Crippen LogP) is 5.81. The number of nitrogens with zero attached hydrogens (tertiary/aromatic N) is 3. The van der Waals surface area contributed by atoms with E-state index in [1.165, 1.54) is 18.2 Å². The zero-order valence-corrected chi connectivity index (χ0v) is 20.9. The SMILES string of the molecule is Cc1ccc(C(=O)N(CC2CN(Cc3ccc([N+](=O)[O-])cc3)CC2c2cccc(F)c2)C(C)C)cc1. The molecule has 4 rings (SSSR count). The average Bonchev–Trinajstić information content (AvgIpc) is 3.25. The second-order valence-electron chi connectivity index (χ2n) is 9.96. The summed E-state index contributed by atoms with van der Waals surface area (Å²) in [5.74, 6) is -0.0965. The Bertz CT molecular complexity index is 1210. The number of benzene rings is 3. The molecule has 36 heavy (non-hydrogen) atoms. The monoisotopic (exact) mass is 489 g/mol. The molecule has 188 valence electrons. The van der Waals surface area contributed by atoms with Gasteiger partial charge in [-0.05, 0) is 62.1 Å². The minimum atomic E-state index is -0.402. The van der Waals surface area contributed by atoms with Gasteiger partial charge in [0.05, 0.1) is 4.92 Å². The molecule has 3 aromatic carbocycles. The smallest absolute Gasteiger partial charge is 0.269 e. The van der Waals surface area contributed by atoms with Gasteiger partial charge in [0.1, 0.15) is 5.82 Å². The van der Waals surface area contributed by atoms with Crippen LogP contribution >= 0.6 is 0 Å². The van der Waals surface area contributed by atoms with Crippen LogP contribution in [-0.2, 0) is 6.54 Å².